The molecule has 1 aromatic carbocycles. The topological polar surface area (TPSA) is 129 Å². The summed E-state index contributed by atoms with van der Waals surface area (Å²) in [5.74, 6) is -6.61. The summed E-state index contributed by atoms with van der Waals surface area (Å²) in [6, 6.07) is 3.14. The van der Waals surface area contributed by atoms with Crippen LogP contribution in [0.5, 0.6) is 0 Å². The molecule has 3 fully saturated rings. The molecule has 0 spiro atoms. The molecule has 0 radical (unpaired) electrons. The van der Waals surface area contributed by atoms with Gasteiger partial charge in [-0.05, 0) is 95.0 Å². The van der Waals surface area contributed by atoms with Gasteiger partial charge in [-0.15, -0.1) is 0 Å². The molecule has 5 rings (SSSR count). The Kier molecular flexibility index (Phi) is 11.2. The summed E-state index contributed by atoms with van der Waals surface area (Å²) in [5, 5.41) is 12.0. The van der Waals surface area contributed by atoms with Gasteiger partial charge in [0.2, 0.25) is 17.7 Å². The Morgan fingerprint density at radius 3 is 2.18 bits per heavy atom. The van der Waals surface area contributed by atoms with Crippen molar-refractivity contribution in [3.8, 4) is 0 Å². The van der Waals surface area contributed by atoms with Crippen LogP contribution < -0.4 is 16.0 Å². The molecule has 2 aromatic rings. The first-order chi connectivity index (χ1) is 23.6. The molecule has 2 aliphatic carbocycles. The first kappa shape index (κ1) is 37.3. The van der Waals surface area contributed by atoms with Gasteiger partial charge in [0.05, 0.1) is 5.69 Å². The van der Waals surface area contributed by atoms with Gasteiger partial charge in [0, 0.05) is 44.3 Å². The van der Waals surface area contributed by atoms with Crippen molar-refractivity contribution in [1.82, 2.24) is 30.2 Å². The molecule has 274 valence electrons. The third kappa shape index (κ3) is 8.47. The summed E-state index contributed by atoms with van der Waals surface area (Å²) >= 11 is 0. The van der Waals surface area contributed by atoms with Crippen LogP contribution in [0.25, 0.3) is 0 Å². The SMILES string of the molecule is CCn1nccc1C(=O)N[C@H](C(=O)Nc1ccc([C@H](C)[C@@H](NC(=O)[C@H](C)C(F)(F)F)C(=O)N2CCN(C)[C@H](C)C2)cc1F)C(C1CC1)C1CC1. The Labute approximate surface area is 289 Å². The lowest BCUT2D eigenvalue weighted by atomic mass is 9.88. The Morgan fingerprint density at radius 1 is 0.960 bits per heavy atom. The zero-order chi connectivity index (χ0) is 36.5. The Balaban J connectivity index is 1.36. The molecule has 5 atom stereocenters. The molecule has 2 heterocycles. The van der Waals surface area contributed by atoms with Gasteiger partial charge in [-0.3, -0.25) is 23.9 Å². The van der Waals surface area contributed by atoms with Crippen LogP contribution in [-0.2, 0) is 20.9 Å². The summed E-state index contributed by atoms with van der Waals surface area (Å²) in [6.07, 6.45) is 0.470. The van der Waals surface area contributed by atoms with E-state index >= 15 is 4.39 Å². The minimum Gasteiger partial charge on any atom is -0.343 e. The highest BCUT2D eigenvalue weighted by Crippen LogP contribution is 2.51. The quantitative estimate of drug-likeness (QED) is 0.269. The van der Waals surface area contributed by atoms with Gasteiger partial charge in [0.1, 0.15) is 29.5 Å². The number of hydrogen-bond donors (Lipinski definition) is 3. The number of amides is 4. The second-order valence-corrected chi connectivity index (χ2v) is 14.1. The van der Waals surface area contributed by atoms with Crippen molar-refractivity contribution in [2.45, 2.75) is 90.1 Å². The number of halogens is 4. The van der Waals surface area contributed by atoms with Crippen molar-refractivity contribution in [2.24, 2.45) is 23.7 Å². The molecular formula is C35H47F4N7O4. The van der Waals surface area contributed by atoms with E-state index in [2.05, 4.69) is 21.0 Å². The largest absolute Gasteiger partial charge is 0.400 e. The third-order valence-electron chi connectivity index (χ3n) is 10.5. The molecule has 1 saturated heterocycles. The molecule has 0 bridgehead atoms. The molecule has 2 saturated carbocycles. The summed E-state index contributed by atoms with van der Waals surface area (Å²) in [4.78, 5) is 57.2. The number of hydrogen-bond acceptors (Lipinski definition) is 6. The highest BCUT2D eigenvalue weighted by Gasteiger charge is 2.49. The average Bonchev–Trinajstić information content (AvgIpc) is 4.02. The van der Waals surface area contributed by atoms with Gasteiger partial charge in [0.15, 0.2) is 0 Å². The zero-order valence-electron chi connectivity index (χ0n) is 29.1. The molecular weight excluding hydrogens is 658 g/mol. The van der Waals surface area contributed by atoms with E-state index in [9.17, 15) is 32.3 Å². The minimum absolute atomic E-state index is 0.0179. The molecule has 1 aromatic heterocycles. The van der Waals surface area contributed by atoms with Gasteiger partial charge >= 0.3 is 6.18 Å². The molecule has 15 heteroatoms. The number of nitrogens with one attached hydrogen (secondary N) is 3. The predicted molar refractivity (Wildman–Crippen MR) is 177 cm³/mol. The number of aryl methyl sites for hydroxylation is 1. The van der Waals surface area contributed by atoms with Crippen LogP contribution >= 0.6 is 0 Å². The van der Waals surface area contributed by atoms with Crippen LogP contribution in [0.1, 0.15) is 75.3 Å². The summed E-state index contributed by atoms with van der Waals surface area (Å²) < 4.78 is 57.6. The number of nitrogens with zero attached hydrogens (tertiary/aromatic N) is 4. The smallest absolute Gasteiger partial charge is 0.343 e. The van der Waals surface area contributed by atoms with Crippen LogP contribution in [0.15, 0.2) is 30.5 Å². The van der Waals surface area contributed by atoms with E-state index in [-0.39, 0.29) is 35.0 Å². The van der Waals surface area contributed by atoms with Crippen LogP contribution in [0, 0.1) is 29.5 Å². The molecule has 1 aliphatic heterocycles. The van der Waals surface area contributed by atoms with Gasteiger partial charge in [0.25, 0.3) is 5.91 Å². The van der Waals surface area contributed by atoms with Crippen LogP contribution in [0.2, 0.25) is 0 Å². The molecule has 0 unspecified atom stereocenters. The van der Waals surface area contributed by atoms with Crippen molar-refractivity contribution < 1.29 is 36.7 Å². The first-order valence-electron chi connectivity index (χ1n) is 17.4. The van der Waals surface area contributed by atoms with Crippen molar-refractivity contribution >= 4 is 29.3 Å². The lowest BCUT2D eigenvalue weighted by molar-refractivity contribution is -0.180. The first-order valence-corrected chi connectivity index (χ1v) is 17.4. The van der Waals surface area contributed by atoms with E-state index in [0.717, 1.165) is 38.7 Å². The maximum atomic E-state index is 15.8. The van der Waals surface area contributed by atoms with E-state index in [1.54, 1.807) is 6.07 Å². The summed E-state index contributed by atoms with van der Waals surface area (Å²) in [7, 11) is 1.90. The van der Waals surface area contributed by atoms with Gasteiger partial charge in [-0.2, -0.15) is 18.3 Å². The van der Waals surface area contributed by atoms with E-state index in [1.165, 1.54) is 34.8 Å². The Hall–Kier alpha value is -4.01. The highest BCUT2D eigenvalue weighted by molar-refractivity contribution is 6.01. The number of alkyl halides is 3. The number of carbonyl (C=O) groups excluding carboxylic acids is 4. The van der Waals surface area contributed by atoms with Crippen molar-refractivity contribution in [3.05, 3.63) is 47.5 Å². The molecule has 3 aliphatic rings. The number of rotatable bonds is 13. The number of carbonyl (C=O) groups is 4. The van der Waals surface area contributed by atoms with Crippen LogP contribution in [-0.4, -0.2) is 94.2 Å². The molecule has 50 heavy (non-hydrogen) atoms. The van der Waals surface area contributed by atoms with Gasteiger partial charge in [-0.1, -0.05) is 13.0 Å². The number of aromatic nitrogens is 2. The van der Waals surface area contributed by atoms with E-state index in [1.807, 2.05) is 25.8 Å². The summed E-state index contributed by atoms with van der Waals surface area (Å²) in [5.41, 5.74) is 0.402. The van der Waals surface area contributed by atoms with E-state index in [4.69, 9.17) is 0 Å². The number of piperazine rings is 1. The maximum Gasteiger partial charge on any atom is 0.400 e. The lowest BCUT2D eigenvalue weighted by Crippen LogP contribution is -2.58. The van der Waals surface area contributed by atoms with Gasteiger partial charge in [-0.25, -0.2) is 4.39 Å². The predicted octanol–water partition coefficient (Wildman–Crippen LogP) is 4.16. The summed E-state index contributed by atoms with van der Waals surface area (Å²) in [6.45, 7) is 7.65. The fourth-order valence-electron chi connectivity index (χ4n) is 6.81. The average molecular weight is 706 g/mol. The lowest BCUT2D eigenvalue weighted by Gasteiger charge is -2.40. The highest BCUT2D eigenvalue weighted by atomic mass is 19.4. The molecule has 3 N–H and O–H groups in total. The second kappa shape index (κ2) is 15.1. The Morgan fingerprint density at radius 2 is 1.62 bits per heavy atom. The number of anilines is 1. The minimum atomic E-state index is -4.82. The van der Waals surface area contributed by atoms with Crippen molar-refractivity contribution in [3.63, 3.8) is 0 Å². The third-order valence-corrected chi connectivity index (χ3v) is 10.5. The number of likely N-dealkylation sites (N-methyl/N-ethyl adjacent to an activating group) is 1. The van der Waals surface area contributed by atoms with Crippen LogP contribution in [0.4, 0.5) is 23.2 Å². The van der Waals surface area contributed by atoms with Gasteiger partial charge < -0.3 is 25.8 Å². The van der Waals surface area contributed by atoms with Crippen molar-refractivity contribution in [1.29, 1.82) is 0 Å². The number of benzene rings is 1. The fourth-order valence-corrected chi connectivity index (χ4v) is 6.81. The molecule has 4 amide bonds. The maximum absolute atomic E-state index is 15.8. The monoisotopic (exact) mass is 705 g/mol. The fraction of sp³-hybridized carbons (Fsp3) is 0.629. The molecule has 11 nitrogen and oxygen atoms in total. The Bertz CT molecular complexity index is 1560. The van der Waals surface area contributed by atoms with E-state index < -0.39 is 59.5 Å². The zero-order valence-corrected chi connectivity index (χ0v) is 29.1. The second-order valence-electron chi connectivity index (χ2n) is 14.1. The van der Waals surface area contributed by atoms with Crippen molar-refractivity contribution in [2.75, 3.05) is 32.0 Å². The van der Waals surface area contributed by atoms with E-state index in [0.29, 0.717) is 31.9 Å². The normalized spacial score (nSPS) is 20.9. The van der Waals surface area contributed by atoms with Crippen LogP contribution in [0.3, 0.4) is 0 Å². The standard InChI is InChI=1S/C35H47F4N7O4/c1-6-46-27(13-14-40-46)32(48)43-30(28(22-7-8-22)23-9-10-23)33(49)41-26-12-11-24(17-25(26)36)20(3)29(42-31(47)21(4)35(37,38)39)34(50)45-16-15-44(5)19(2)18-45/h11-14,17,19-23,28-30H,6-10,15-16,18H2,1-5H3,(H,41,49)(H,42,47)(H,43,48)/t19-,20+,21+,29-,30+/m1/s1.